The highest BCUT2D eigenvalue weighted by Gasteiger charge is 2.31. The van der Waals surface area contributed by atoms with Crippen molar-refractivity contribution in [3.8, 4) is 11.4 Å². The third-order valence-corrected chi connectivity index (χ3v) is 6.43. The van der Waals surface area contributed by atoms with Crippen molar-refractivity contribution in [2.45, 2.75) is 38.6 Å². The highest BCUT2D eigenvalue weighted by atomic mass is 16.2. The van der Waals surface area contributed by atoms with Crippen LogP contribution in [0.4, 0.5) is 5.82 Å². The second-order valence-corrected chi connectivity index (χ2v) is 8.70. The largest absolute Gasteiger partial charge is 0.355 e. The van der Waals surface area contributed by atoms with Crippen molar-refractivity contribution in [3.63, 3.8) is 0 Å². The van der Waals surface area contributed by atoms with Crippen LogP contribution in [0, 0.1) is 5.92 Å². The van der Waals surface area contributed by atoms with Gasteiger partial charge in [-0.05, 0) is 38.2 Å². The van der Waals surface area contributed by atoms with Crippen molar-refractivity contribution >= 4 is 11.7 Å². The van der Waals surface area contributed by atoms with E-state index in [0.29, 0.717) is 13.1 Å². The van der Waals surface area contributed by atoms with Crippen molar-refractivity contribution in [1.29, 1.82) is 0 Å². The molecule has 0 radical (unpaired) electrons. The Morgan fingerprint density at radius 1 is 1.12 bits per heavy atom. The second kappa shape index (κ2) is 9.02. The number of carbonyl (C=O) groups excluding carboxylic acids is 1. The number of benzene rings is 1. The Bertz CT molecular complexity index is 1090. The molecule has 7 heteroatoms. The minimum Gasteiger partial charge on any atom is -0.355 e. The fourth-order valence-corrected chi connectivity index (χ4v) is 4.81. The molecule has 1 fully saturated rings. The van der Waals surface area contributed by atoms with Crippen molar-refractivity contribution in [2.75, 3.05) is 25.0 Å². The number of aromatic nitrogens is 4. The van der Waals surface area contributed by atoms with E-state index in [-0.39, 0.29) is 11.8 Å². The van der Waals surface area contributed by atoms with E-state index in [0.717, 1.165) is 61.5 Å². The lowest BCUT2D eigenvalue weighted by atomic mass is 9.96. The zero-order valence-corrected chi connectivity index (χ0v) is 18.4. The smallest absolute Gasteiger partial charge is 0.227 e. The summed E-state index contributed by atoms with van der Waals surface area (Å²) in [4.78, 5) is 35.4. The third kappa shape index (κ3) is 4.20. The van der Waals surface area contributed by atoms with Gasteiger partial charge < -0.3 is 9.80 Å². The fourth-order valence-electron chi connectivity index (χ4n) is 4.81. The summed E-state index contributed by atoms with van der Waals surface area (Å²) in [7, 11) is 1.86. The Morgan fingerprint density at radius 2 is 2.00 bits per heavy atom. The Morgan fingerprint density at radius 3 is 2.81 bits per heavy atom. The molecule has 32 heavy (non-hydrogen) atoms. The van der Waals surface area contributed by atoms with E-state index >= 15 is 0 Å². The molecule has 0 saturated carbocycles. The Kier molecular flexibility index (Phi) is 5.79. The normalized spacial score (nSPS) is 17.8. The van der Waals surface area contributed by atoms with Gasteiger partial charge in [-0.25, -0.2) is 19.9 Å². The summed E-state index contributed by atoms with van der Waals surface area (Å²) in [6.45, 7) is 2.13. The average Bonchev–Trinajstić information content (AvgIpc) is 3.33. The topological polar surface area (TPSA) is 75.1 Å². The zero-order chi connectivity index (χ0) is 21.9. The van der Waals surface area contributed by atoms with Crippen LogP contribution in [0.2, 0.25) is 0 Å². The lowest BCUT2D eigenvalue weighted by molar-refractivity contribution is -0.135. The predicted octanol–water partition coefficient (Wildman–Crippen LogP) is 3.30. The van der Waals surface area contributed by atoms with Crippen LogP contribution in [0.25, 0.3) is 11.4 Å². The summed E-state index contributed by atoms with van der Waals surface area (Å²) in [5.74, 6) is 1.95. The van der Waals surface area contributed by atoms with Crippen molar-refractivity contribution < 1.29 is 4.79 Å². The second-order valence-electron chi connectivity index (χ2n) is 8.70. The molecule has 1 atom stereocenters. The van der Waals surface area contributed by atoms with Gasteiger partial charge in [-0.1, -0.05) is 30.3 Å². The fraction of sp³-hybridized carbons (Fsp3) is 0.400. The highest BCUT2D eigenvalue weighted by molar-refractivity contribution is 5.79. The van der Waals surface area contributed by atoms with Gasteiger partial charge in [0.25, 0.3) is 0 Å². The number of fused-ring (bicyclic) bond motifs is 1. The van der Waals surface area contributed by atoms with Gasteiger partial charge in [0.15, 0.2) is 5.82 Å². The van der Waals surface area contributed by atoms with Crippen LogP contribution >= 0.6 is 0 Å². The van der Waals surface area contributed by atoms with Gasteiger partial charge in [-0.15, -0.1) is 0 Å². The lowest BCUT2D eigenvalue weighted by Gasteiger charge is -2.35. The molecule has 1 unspecified atom stereocenters. The molecule has 2 aliphatic rings. The Balaban J connectivity index is 1.37. The molecule has 0 spiro atoms. The average molecular weight is 429 g/mol. The standard InChI is InChI=1S/C25H28N6O/c1-30(16-20-12-13-26-17-27-20)25(32)19-9-6-14-31(15-19)24-21-10-5-11-22(21)28-23(29-24)18-7-3-2-4-8-18/h2-4,7-8,12-13,17,19H,5-6,9-11,14-16H2,1H3. The molecule has 1 aliphatic carbocycles. The predicted molar refractivity (Wildman–Crippen MR) is 123 cm³/mol. The first-order valence-electron chi connectivity index (χ1n) is 11.4. The Labute approximate surface area is 188 Å². The van der Waals surface area contributed by atoms with Gasteiger partial charge in [0.2, 0.25) is 5.91 Å². The first-order valence-corrected chi connectivity index (χ1v) is 11.4. The van der Waals surface area contributed by atoms with Crippen LogP contribution in [0.15, 0.2) is 48.9 Å². The molecule has 1 aromatic carbocycles. The molecule has 7 nitrogen and oxygen atoms in total. The molecule has 1 amide bonds. The van der Waals surface area contributed by atoms with Gasteiger partial charge in [-0.2, -0.15) is 0 Å². The van der Waals surface area contributed by atoms with Gasteiger partial charge >= 0.3 is 0 Å². The van der Waals surface area contributed by atoms with Crippen molar-refractivity contribution in [3.05, 3.63) is 65.9 Å². The molecular weight excluding hydrogens is 400 g/mol. The molecule has 1 saturated heterocycles. The summed E-state index contributed by atoms with van der Waals surface area (Å²) in [6.07, 6.45) is 8.26. The first kappa shape index (κ1) is 20.5. The van der Waals surface area contributed by atoms with Gasteiger partial charge in [0, 0.05) is 43.2 Å². The van der Waals surface area contributed by atoms with E-state index in [1.54, 1.807) is 11.1 Å². The first-order chi connectivity index (χ1) is 15.7. The van der Waals surface area contributed by atoms with Crippen LogP contribution in [-0.2, 0) is 24.2 Å². The van der Waals surface area contributed by atoms with E-state index in [1.165, 1.54) is 17.6 Å². The molecule has 3 aromatic rings. The van der Waals surface area contributed by atoms with E-state index in [4.69, 9.17) is 9.97 Å². The SMILES string of the molecule is CN(Cc1ccncn1)C(=O)C1CCCN(c2nc(-c3ccccc3)nc3c2CCC3)C1. The molecule has 5 rings (SSSR count). The van der Waals surface area contributed by atoms with Crippen molar-refractivity contribution in [2.24, 2.45) is 5.92 Å². The maximum atomic E-state index is 13.2. The maximum absolute atomic E-state index is 13.2. The zero-order valence-electron chi connectivity index (χ0n) is 18.4. The number of anilines is 1. The van der Waals surface area contributed by atoms with Crippen LogP contribution in [0.5, 0.6) is 0 Å². The number of piperidine rings is 1. The molecule has 2 aromatic heterocycles. The van der Waals surface area contributed by atoms with E-state index in [9.17, 15) is 4.79 Å². The van der Waals surface area contributed by atoms with Crippen molar-refractivity contribution in [1.82, 2.24) is 24.8 Å². The molecule has 3 heterocycles. The summed E-state index contributed by atoms with van der Waals surface area (Å²) in [5, 5.41) is 0. The van der Waals surface area contributed by atoms with Gasteiger partial charge in [0.1, 0.15) is 12.1 Å². The molecule has 0 bridgehead atoms. The summed E-state index contributed by atoms with van der Waals surface area (Å²) in [6, 6.07) is 12.0. The number of rotatable bonds is 5. The lowest BCUT2D eigenvalue weighted by Crippen LogP contribution is -2.44. The van der Waals surface area contributed by atoms with Gasteiger partial charge in [0.05, 0.1) is 18.2 Å². The number of nitrogens with zero attached hydrogens (tertiary/aromatic N) is 6. The van der Waals surface area contributed by atoms with E-state index < -0.39 is 0 Å². The van der Waals surface area contributed by atoms with Crippen LogP contribution in [0.3, 0.4) is 0 Å². The van der Waals surface area contributed by atoms with Crippen LogP contribution < -0.4 is 4.90 Å². The molecular formula is C25H28N6O. The van der Waals surface area contributed by atoms with E-state index in [2.05, 4.69) is 27.0 Å². The number of amides is 1. The summed E-state index contributed by atoms with van der Waals surface area (Å²) >= 11 is 0. The van der Waals surface area contributed by atoms with Crippen LogP contribution in [-0.4, -0.2) is 50.9 Å². The number of aryl methyl sites for hydroxylation is 1. The minimum atomic E-state index is -0.0391. The highest BCUT2D eigenvalue weighted by Crippen LogP contribution is 2.33. The number of hydrogen-bond acceptors (Lipinski definition) is 6. The summed E-state index contributed by atoms with van der Waals surface area (Å²) < 4.78 is 0. The number of hydrogen-bond donors (Lipinski definition) is 0. The quantitative estimate of drug-likeness (QED) is 0.621. The molecule has 0 N–H and O–H groups in total. The van der Waals surface area contributed by atoms with Crippen LogP contribution in [0.1, 0.15) is 36.2 Å². The third-order valence-electron chi connectivity index (χ3n) is 6.43. The van der Waals surface area contributed by atoms with E-state index in [1.807, 2.05) is 31.3 Å². The monoisotopic (exact) mass is 428 g/mol. The number of carbonyl (C=O) groups is 1. The van der Waals surface area contributed by atoms with Gasteiger partial charge in [-0.3, -0.25) is 4.79 Å². The Hall–Kier alpha value is -3.35. The minimum absolute atomic E-state index is 0.0391. The molecule has 164 valence electrons. The maximum Gasteiger partial charge on any atom is 0.227 e. The summed E-state index contributed by atoms with van der Waals surface area (Å²) in [5.41, 5.74) is 4.33. The molecule has 1 aliphatic heterocycles.